The number of anilines is 2. The summed E-state index contributed by atoms with van der Waals surface area (Å²) < 4.78 is 32.1. The Hall–Kier alpha value is -2.92. The average molecular weight is 407 g/mol. The predicted molar refractivity (Wildman–Crippen MR) is 103 cm³/mol. The molecule has 0 spiro atoms. The number of hydrogen-bond donors (Lipinski definition) is 2. The van der Waals surface area contributed by atoms with Crippen molar-refractivity contribution in [3.63, 3.8) is 0 Å². The zero-order chi connectivity index (χ0) is 20.5. The number of piperidine rings is 1. The van der Waals surface area contributed by atoms with Crippen LogP contribution in [0.15, 0.2) is 35.4 Å². The van der Waals surface area contributed by atoms with Crippen molar-refractivity contribution in [1.29, 1.82) is 0 Å². The van der Waals surface area contributed by atoms with Gasteiger partial charge in [0.25, 0.3) is 0 Å². The first-order chi connectivity index (χ1) is 13.3. The Morgan fingerprint density at radius 3 is 2.36 bits per heavy atom. The summed E-state index contributed by atoms with van der Waals surface area (Å²) in [6.45, 7) is 0.549. The number of rotatable bonds is 5. The van der Waals surface area contributed by atoms with Crippen LogP contribution in [0.5, 0.6) is 5.75 Å². The van der Waals surface area contributed by atoms with Crippen LogP contribution in [0.3, 0.4) is 0 Å². The van der Waals surface area contributed by atoms with Crippen LogP contribution >= 0.6 is 0 Å². The third kappa shape index (κ3) is 3.58. The summed E-state index contributed by atoms with van der Waals surface area (Å²) in [5, 5.41) is 11.2. The normalized spacial score (nSPS) is 16.0. The van der Waals surface area contributed by atoms with Gasteiger partial charge in [-0.2, -0.15) is 4.31 Å². The van der Waals surface area contributed by atoms with Crippen LogP contribution in [-0.2, 0) is 10.0 Å². The fraction of sp³-hybridized carbons (Fsp3) is 0.353. The second-order valence-corrected chi connectivity index (χ2v) is 8.41. The number of nitrogen functional groups attached to an aromatic ring is 2. The Labute approximate surface area is 162 Å². The number of hydrogen-bond acceptors (Lipinski definition) is 8. The minimum atomic E-state index is -3.63. The van der Waals surface area contributed by atoms with Gasteiger partial charge in [-0.3, -0.25) is 10.1 Å². The zero-order valence-corrected chi connectivity index (χ0v) is 16.1. The van der Waals surface area contributed by atoms with Crippen molar-refractivity contribution >= 4 is 27.2 Å². The van der Waals surface area contributed by atoms with Crippen molar-refractivity contribution in [3.05, 3.63) is 46.1 Å². The molecule has 0 unspecified atom stereocenters. The molecule has 3 rings (SSSR count). The molecule has 2 aromatic rings. The summed E-state index contributed by atoms with van der Waals surface area (Å²) in [6, 6.07) is 6.20. The lowest BCUT2D eigenvalue weighted by Crippen LogP contribution is -2.38. The first kappa shape index (κ1) is 19.8. The summed E-state index contributed by atoms with van der Waals surface area (Å²) in [6.07, 6.45) is 2.39. The molecule has 0 saturated carbocycles. The molecule has 0 radical (unpaired) electrons. The highest BCUT2D eigenvalue weighted by Gasteiger charge is 2.32. The fourth-order valence-electron chi connectivity index (χ4n) is 3.37. The van der Waals surface area contributed by atoms with E-state index in [-0.39, 0.29) is 35.4 Å². The molecule has 10 nitrogen and oxygen atoms in total. The molecule has 1 fully saturated rings. The quantitative estimate of drug-likeness (QED) is 0.561. The molecule has 4 N–H and O–H groups in total. The van der Waals surface area contributed by atoms with E-state index in [4.69, 9.17) is 16.2 Å². The molecule has 1 aromatic carbocycles. The Balaban J connectivity index is 1.77. The molecular weight excluding hydrogens is 386 g/mol. The van der Waals surface area contributed by atoms with Crippen molar-refractivity contribution in [2.45, 2.75) is 23.7 Å². The average Bonchev–Trinajstić information content (AvgIpc) is 2.68. The van der Waals surface area contributed by atoms with Crippen LogP contribution in [0.4, 0.5) is 17.2 Å². The van der Waals surface area contributed by atoms with Crippen molar-refractivity contribution in [2.24, 2.45) is 0 Å². The fourth-order valence-corrected chi connectivity index (χ4v) is 4.84. The lowest BCUT2D eigenvalue weighted by atomic mass is 9.90. The van der Waals surface area contributed by atoms with Crippen LogP contribution in [0.25, 0.3) is 0 Å². The summed E-state index contributed by atoms with van der Waals surface area (Å²) in [4.78, 5) is 14.6. The van der Waals surface area contributed by atoms with Crippen molar-refractivity contribution < 1.29 is 18.1 Å². The second kappa shape index (κ2) is 7.60. The minimum Gasteiger partial charge on any atom is -0.497 e. The molecule has 0 bridgehead atoms. The Morgan fingerprint density at radius 2 is 1.82 bits per heavy atom. The summed E-state index contributed by atoms with van der Waals surface area (Å²) in [5.74, 6) is 0.213. The van der Waals surface area contributed by atoms with Gasteiger partial charge in [0, 0.05) is 24.8 Å². The van der Waals surface area contributed by atoms with Gasteiger partial charge in [-0.15, -0.1) is 0 Å². The molecule has 0 atom stereocenters. The maximum atomic E-state index is 12.8. The van der Waals surface area contributed by atoms with Crippen LogP contribution in [-0.4, -0.2) is 42.8 Å². The number of benzene rings is 1. The second-order valence-electron chi connectivity index (χ2n) is 6.47. The van der Waals surface area contributed by atoms with Gasteiger partial charge in [0.05, 0.1) is 16.9 Å². The third-order valence-electron chi connectivity index (χ3n) is 4.93. The van der Waals surface area contributed by atoms with Gasteiger partial charge in [0.15, 0.2) is 0 Å². The molecular formula is C17H21N5O5S. The highest BCUT2D eigenvalue weighted by atomic mass is 32.2. The Bertz CT molecular complexity index is 986. The number of pyridine rings is 1. The van der Waals surface area contributed by atoms with Gasteiger partial charge in [0.2, 0.25) is 15.8 Å². The molecule has 2 heterocycles. The van der Waals surface area contributed by atoms with E-state index in [0.29, 0.717) is 24.2 Å². The highest BCUT2D eigenvalue weighted by molar-refractivity contribution is 7.89. The van der Waals surface area contributed by atoms with Crippen LogP contribution in [0.1, 0.15) is 24.3 Å². The molecule has 1 aromatic heterocycles. The summed E-state index contributed by atoms with van der Waals surface area (Å²) in [5.41, 5.74) is 11.6. The number of methoxy groups -OCH3 is 1. The smallest absolute Gasteiger partial charge is 0.334 e. The highest BCUT2D eigenvalue weighted by Crippen LogP contribution is 2.38. The number of aromatic nitrogens is 1. The third-order valence-corrected chi connectivity index (χ3v) is 6.84. The molecule has 11 heteroatoms. The SMILES string of the molecule is COc1ccc(S(=O)(=O)N2CCC(c3cnc(N)c([N+](=O)[O-])c3N)CC2)cc1. The van der Waals surface area contributed by atoms with E-state index in [0.717, 1.165) is 0 Å². The maximum absolute atomic E-state index is 12.8. The van der Waals surface area contributed by atoms with Gasteiger partial charge >= 0.3 is 5.69 Å². The first-order valence-corrected chi connectivity index (χ1v) is 10.0. The van der Waals surface area contributed by atoms with Crippen LogP contribution in [0.2, 0.25) is 0 Å². The summed E-state index contributed by atoms with van der Waals surface area (Å²) in [7, 11) is -2.12. The minimum absolute atomic E-state index is 0.00559. The van der Waals surface area contributed by atoms with Gasteiger partial charge in [-0.05, 0) is 43.0 Å². The van der Waals surface area contributed by atoms with Gasteiger partial charge in [-0.25, -0.2) is 13.4 Å². The monoisotopic (exact) mass is 407 g/mol. The summed E-state index contributed by atoms with van der Waals surface area (Å²) >= 11 is 0. The van der Waals surface area contributed by atoms with Crippen LogP contribution < -0.4 is 16.2 Å². The molecule has 1 aliphatic heterocycles. The first-order valence-electron chi connectivity index (χ1n) is 8.58. The molecule has 0 aliphatic carbocycles. The van der Waals surface area contributed by atoms with Crippen LogP contribution in [0, 0.1) is 10.1 Å². The Kier molecular flexibility index (Phi) is 5.38. The predicted octanol–water partition coefficient (Wildman–Crippen LogP) is 1.73. The number of ether oxygens (including phenoxy) is 1. The molecule has 1 aliphatic rings. The van der Waals surface area contributed by atoms with Gasteiger partial charge in [0.1, 0.15) is 11.4 Å². The lowest BCUT2D eigenvalue weighted by molar-refractivity contribution is -0.383. The number of nitrogens with zero attached hydrogens (tertiary/aromatic N) is 3. The molecule has 0 amide bonds. The van der Waals surface area contributed by atoms with E-state index in [1.807, 2.05) is 0 Å². The van der Waals surface area contributed by atoms with E-state index in [9.17, 15) is 18.5 Å². The van der Waals surface area contributed by atoms with Gasteiger partial charge < -0.3 is 16.2 Å². The van der Waals surface area contributed by atoms with E-state index >= 15 is 0 Å². The standard InChI is InChI=1S/C17H21N5O5S/c1-27-12-2-4-13(5-3-12)28(25,26)21-8-6-11(7-9-21)14-10-20-17(19)16(15(14)18)22(23)24/h2-5,10-11H,6-9H2,1H3,(H4,18,19,20). The molecule has 28 heavy (non-hydrogen) atoms. The Morgan fingerprint density at radius 1 is 1.21 bits per heavy atom. The van der Waals surface area contributed by atoms with E-state index in [1.54, 1.807) is 12.1 Å². The van der Waals surface area contributed by atoms with Crippen molar-refractivity contribution in [1.82, 2.24) is 9.29 Å². The zero-order valence-electron chi connectivity index (χ0n) is 15.2. The molecule has 150 valence electrons. The molecule has 1 saturated heterocycles. The van der Waals surface area contributed by atoms with E-state index in [2.05, 4.69) is 4.98 Å². The number of sulfonamides is 1. The lowest BCUT2D eigenvalue weighted by Gasteiger charge is -2.31. The van der Waals surface area contributed by atoms with E-state index in [1.165, 1.54) is 29.7 Å². The topological polar surface area (TPSA) is 155 Å². The maximum Gasteiger partial charge on any atom is 0.334 e. The number of nitro groups is 1. The van der Waals surface area contributed by atoms with Crippen molar-refractivity contribution in [2.75, 3.05) is 31.7 Å². The largest absolute Gasteiger partial charge is 0.497 e. The van der Waals surface area contributed by atoms with Crippen molar-refractivity contribution in [3.8, 4) is 5.75 Å². The van der Waals surface area contributed by atoms with E-state index < -0.39 is 20.6 Å². The number of nitrogens with two attached hydrogens (primary N) is 2. The van der Waals surface area contributed by atoms with Gasteiger partial charge in [-0.1, -0.05) is 0 Å².